The lowest BCUT2D eigenvalue weighted by Crippen LogP contribution is -2.27. The maximum absolute atomic E-state index is 13.1. The van der Waals surface area contributed by atoms with Crippen molar-refractivity contribution in [1.82, 2.24) is 10.3 Å². The molecule has 1 aromatic heterocycles. The standard InChI is InChI=1S/C17H19FN2OS/c18-13-5-3-4-12(10-13)11-16(21)19-9-8-17-20-14-6-1-2-7-15(14)22-17/h3-5,10H,1-2,6-9,11H2,(H,19,21). The van der Waals surface area contributed by atoms with Gasteiger partial charge < -0.3 is 5.32 Å². The predicted octanol–water partition coefficient (Wildman–Crippen LogP) is 3.06. The van der Waals surface area contributed by atoms with Crippen molar-refractivity contribution in [2.45, 2.75) is 38.5 Å². The van der Waals surface area contributed by atoms with Crippen LogP contribution >= 0.6 is 11.3 Å². The number of hydrogen-bond acceptors (Lipinski definition) is 3. The van der Waals surface area contributed by atoms with Crippen molar-refractivity contribution in [2.24, 2.45) is 0 Å². The van der Waals surface area contributed by atoms with Gasteiger partial charge in [0.15, 0.2) is 0 Å². The molecular formula is C17H19FN2OS. The molecule has 3 rings (SSSR count). The summed E-state index contributed by atoms with van der Waals surface area (Å²) in [6.07, 6.45) is 5.73. The molecule has 1 aromatic carbocycles. The van der Waals surface area contributed by atoms with Gasteiger partial charge in [0.05, 0.1) is 17.1 Å². The number of thiazole rings is 1. The SMILES string of the molecule is O=C(Cc1cccc(F)c1)NCCc1nc2c(s1)CCCC2. The quantitative estimate of drug-likeness (QED) is 0.920. The van der Waals surface area contributed by atoms with Crippen molar-refractivity contribution >= 4 is 17.2 Å². The van der Waals surface area contributed by atoms with E-state index in [1.165, 1.54) is 35.5 Å². The van der Waals surface area contributed by atoms with Crippen LogP contribution in [0.2, 0.25) is 0 Å². The molecule has 1 N–H and O–H groups in total. The van der Waals surface area contributed by atoms with Gasteiger partial charge >= 0.3 is 0 Å². The Morgan fingerprint density at radius 2 is 2.18 bits per heavy atom. The number of fused-ring (bicyclic) bond motifs is 1. The molecule has 22 heavy (non-hydrogen) atoms. The third kappa shape index (κ3) is 3.91. The molecule has 3 nitrogen and oxygen atoms in total. The molecule has 0 aliphatic heterocycles. The van der Waals surface area contributed by atoms with Gasteiger partial charge in [-0.2, -0.15) is 0 Å². The van der Waals surface area contributed by atoms with E-state index in [0.717, 1.165) is 24.3 Å². The average Bonchev–Trinajstić information content (AvgIpc) is 2.90. The first-order valence-corrected chi connectivity index (χ1v) is 8.51. The zero-order valence-corrected chi connectivity index (χ0v) is 13.2. The lowest BCUT2D eigenvalue weighted by molar-refractivity contribution is -0.120. The summed E-state index contributed by atoms with van der Waals surface area (Å²) >= 11 is 1.78. The number of nitrogens with zero attached hydrogens (tertiary/aromatic N) is 1. The number of nitrogens with one attached hydrogen (secondary N) is 1. The van der Waals surface area contributed by atoms with Gasteiger partial charge in [0.1, 0.15) is 5.82 Å². The van der Waals surface area contributed by atoms with Crippen molar-refractivity contribution in [1.29, 1.82) is 0 Å². The Morgan fingerprint density at radius 1 is 1.32 bits per heavy atom. The maximum atomic E-state index is 13.1. The second kappa shape index (κ2) is 7.01. The van der Waals surface area contributed by atoms with Gasteiger partial charge in [-0.05, 0) is 43.4 Å². The molecular weight excluding hydrogens is 299 g/mol. The van der Waals surface area contributed by atoms with Crippen LogP contribution < -0.4 is 5.32 Å². The van der Waals surface area contributed by atoms with Gasteiger partial charge in [0.2, 0.25) is 5.91 Å². The number of carbonyl (C=O) groups is 1. The second-order valence-electron chi connectivity index (χ2n) is 5.59. The third-order valence-electron chi connectivity index (χ3n) is 3.80. The van der Waals surface area contributed by atoms with Gasteiger partial charge in [-0.25, -0.2) is 9.37 Å². The van der Waals surface area contributed by atoms with Crippen LogP contribution in [-0.2, 0) is 30.5 Å². The monoisotopic (exact) mass is 318 g/mol. The Bertz CT molecular complexity index is 645. The van der Waals surface area contributed by atoms with Crippen LogP contribution in [0.1, 0.15) is 34.0 Å². The van der Waals surface area contributed by atoms with Crippen molar-refractivity contribution < 1.29 is 9.18 Å². The third-order valence-corrected chi connectivity index (χ3v) is 5.02. The van der Waals surface area contributed by atoms with E-state index < -0.39 is 0 Å². The molecule has 0 spiro atoms. The number of halogens is 1. The lowest BCUT2D eigenvalue weighted by Gasteiger charge is -2.06. The first kappa shape index (κ1) is 15.2. The Labute approximate surface area is 133 Å². The van der Waals surface area contributed by atoms with Crippen LogP contribution in [-0.4, -0.2) is 17.4 Å². The van der Waals surface area contributed by atoms with E-state index in [0.29, 0.717) is 12.1 Å². The van der Waals surface area contributed by atoms with Gasteiger partial charge in [-0.15, -0.1) is 11.3 Å². The topological polar surface area (TPSA) is 42.0 Å². The Balaban J connectivity index is 1.46. The first-order chi connectivity index (χ1) is 10.7. The van der Waals surface area contributed by atoms with Crippen molar-refractivity contribution in [3.05, 3.63) is 51.2 Å². The van der Waals surface area contributed by atoms with Crippen molar-refractivity contribution in [2.75, 3.05) is 6.54 Å². The zero-order valence-electron chi connectivity index (χ0n) is 12.4. The molecule has 0 saturated carbocycles. The Morgan fingerprint density at radius 3 is 3.00 bits per heavy atom. The van der Waals surface area contributed by atoms with E-state index in [9.17, 15) is 9.18 Å². The molecule has 0 saturated heterocycles. The van der Waals surface area contributed by atoms with E-state index in [4.69, 9.17) is 0 Å². The number of aryl methyl sites for hydroxylation is 2. The lowest BCUT2D eigenvalue weighted by atomic mass is 10.0. The summed E-state index contributed by atoms with van der Waals surface area (Å²) in [5.41, 5.74) is 1.96. The van der Waals surface area contributed by atoms with Gasteiger partial charge in [-0.1, -0.05) is 12.1 Å². The first-order valence-electron chi connectivity index (χ1n) is 7.69. The highest BCUT2D eigenvalue weighted by molar-refractivity contribution is 7.11. The molecule has 5 heteroatoms. The van der Waals surface area contributed by atoms with Gasteiger partial charge in [0, 0.05) is 17.8 Å². The highest BCUT2D eigenvalue weighted by Crippen LogP contribution is 2.26. The van der Waals surface area contributed by atoms with E-state index in [1.807, 2.05) is 0 Å². The minimum absolute atomic E-state index is 0.0769. The van der Waals surface area contributed by atoms with Gasteiger partial charge in [-0.3, -0.25) is 4.79 Å². The normalized spacial score (nSPS) is 13.7. The minimum atomic E-state index is -0.307. The summed E-state index contributed by atoms with van der Waals surface area (Å²) in [6, 6.07) is 6.16. The highest BCUT2D eigenvalue weighted by atomic mass is 32.1. The smallest absolute Gasteiger partial charge is 0.224 e. The molecule has 1 aliphatic carbocycles. The highest BCUT2D eigenvalue weighted by Gasteiger charge is 2.14. The molecule has 1 aliphatic rings. The number of amides is 1. The molecule has 0 fully saturated rings. The summed E-state index contributed by atoms with van der Waals surface area (Å²) in [4.78, 5) is 17.9. The zero-order chi connectivity index (χ0) is 15.4. The number of rotatable bonds is 5. The summed E-state index contributed by atoms with van der Waals surface area (Å²) < 4.78 is 13.1. The molecule has 116 valence electrons. The summed E-state index contributed by atoms with van der Waals surface area (Å²) in [7, 11) is 0. The number of aromatic nitrogens is 1. The van der Waals surface area contributed by atoms with E-state index in [-0.39, 0.29) is 18.1 Å². The molecule has 0 bridgehead atoms. The second-order valence-corrected chi connectivity index (χ2v) is 6.76. The van der Waals surface area contributed by atoms with Crippen LogP contribution in [0.3, 0.4) is 0 Å². The fraction of sp³-hybridized carbons (Fsp3) is 0.412. The average molecular weight is 318 g/mol. The fourth-order valence-corrected chi connectivity index (χ4v) is 3.87. The van der Waals surface area contributed by atoms with Crippen LogP contribution in [0.4, 0.5) is 4.39 Å². The molecule has 0 atom stereocenters. The molecule has 0 unspecified atom stereocenters. The largest absolute Gasteiger partial charge is 0.355 e. The van der Waals surface area contributed by atoms with Crippen molar-refractivity contribution in [3.8, 4) is 0 Å². The van der Waals surface area contributed by atoms with Crippen LogP contribution in [0.25, 0.3) is 0 Å². The van der Waals surface area contributed by atoms with Crippen molar-refractivity contribution in [3.63, 3.8) is 0 Å². The summed E-state index contributed by atoms with van der Waals surface area (Å²) in [5.74, 6) is -0.384. The summed E-state index contributed by atoms with van der Waals surface area (Å²) in [5, 5.41) is 3.99. The molecule has 1 heterocycles. The van der Waals surface area contributed by atoms with Crippen LogP contribution in [0, 0.1) is 5.82 Å². The Kier molecular flexibility index (Phi) is 4.83. The summed E-state index contributed by atoms with van der Waals surface area (Å²) in [6.45, 7) is 0.584. The van der Waals surface area contributed by atoms with E-state index >= 15 is 0 Å². The van der Waals surface area contributed by atoms with Crippen LogP contribution in [0.15, 0.2) is 24.3 Å². The minimum Gasteiger partial charge on any atom is -0.355 e. The fourth-order valence-electron chi connectivity index (χ4n) is 2.72. The maximum Gasteiger partial charge on any atom is 0.224 e. The van der Waals surface area contributed by atoms with Crippen LogP contribution in [0.5, 0.6) is 0 Å². The Hall–Kier alpha value is -1.75. The van der Waals surface area contributed by atoms with E-state index in [1.54, 1.807) is 23.5 Å². The molecule has 2 aromatic rings. The number of carbonyl (C=O) groups excluding carboxylic acids is 1. The van der Waals surface area contributed by atoms with Gasteiger partial charge in [0.25, 0.3) is 0 Å². The number of benzene rings is 1. The number of hydrogen-bond donors (Lipinski definition) is 1. The molecule has 0 radical (unpaired) electrons. The predicted molar refractivity (Wildman–Crippen MR) is 85.6 cm³/mol. The van der Waals surface area contributed by atoms with E-state index in [2.05, 4.69) is 10.3 Å². The molecule has 1 amide bonds.